The second-order valence-electron chi connectivity index (χ2n) is 3.27. The Morgan fingerprint density at radius 2 is 1.76 bits per heavy atom. The predicted molar refractivity (Wildman–Crippen MR) is 57.0 cm³/mol. The Bertz CT molecular complexity index is 458. The monoisotopic (exact) mass is 260 g/mol. The third-order valence-electron chi connectivity index (χ3n) is 2.11. The van der Waals surface area contributed by atoms with E-state index in [4.69, 9.17) is 26.9 Å². The van der Waals surface area contributed by atoms with Crippen molar-refractivity contribution >= 4 is 23.5 Å². The summed E-state index contributed by atoms with van der Waals surface area (Å²) < 4.78 is 0. The number of benzene rings is 1. The van der Waals surface area contributed by atoms with Crippen LogP contribution >= 0.6 is 11.6 Å². The van der Waals surface area contributed by atoms with Crippen LogP contribution in [0.15, 0.2) is 18.2 Å². The molecule has 0 aliphatic carbocycles. The summed E-state index contributed by atoms with van der Waals surface area (Å²) in [5.41, 5.74) is -0.317. The van der Waals surface area contributed by atoms with Crippen molar-refractivity contribution in [3.63, 3.8) is 0 Å². The van der Waals surface area contributed by atoms with Crippen LogP contribution in [0.25, 0.3) is 0 Å². The van der Waals surface area contributed by atoms with E-state index in [1.807, 2.05) is 0 Å². The molecule has 0 fully saturated rings. The minimum absolute atomic E-state index is 0.0252. The summed E-state index contributed by atoms with van der Waals surface area (Å²) in [5.74, 6) is -2.88. The van der Waals surface area contributed by atoms with Crippen LogP contribution in [-0.2, 0) is 4.79 Å². The van der Waals surface area contributed by atoms with Crippen LogP contribution in [0, 0.1) is 0 Å². The first-order chi connectivity index (χ1) is 7.84. The molecule has 7 heteroatoms. The molecule has 1 rings (SSSR count). The minimum atomic E-state index is -2.07. The van der Waals surface area contributed by atoms with E-state index in [0.29, 0.717) is 0 Å². The SMILES string of the molecule is O=C(O)c1ccc(Cl)c(C(O)C(O)C(=O)O)c1. The third kappa shape index (κ3) is 2.94. The molecule has 0 amide bonds. The van der Waals surface area contributed by atoms with Crippen LogP contribution in [0.5, 0.6) is 0 Å². The van der Waals surface area contributed by atoms with Gasteiger partial charge in [0.2, 0.25) is 0 Å². The largest absolute Gasteiger partial charge is 0.479 e. The lowest BCUT2D eigenvalue weighted by molar-refractivity contribution is -0.153. The van der Waals surface area contributed by atoms with E-state index < -0.39 is 24.1 Å². The summed E-state index contributed by atoms with van der Waals surface area (Å²) >= 11 is 5.69. The van der Waals surface area contributed by atoms with Gasteiger partial charge in [-0.25, -0.2) is 9.59 Å². The first-order valence-electron chi connectivity index (χ1n) is 4.46. The molecule has 6 nitrogen and oxygen atoms in total. The zero-order valence-electron chi connectivity index (χ0n) is 8.37. The van der Waals surface area contributed by atoms with E-state index in [1.165, 1.54) is 12.1 Å². The molecule has 1 aromatic carbocycles. The Kier molecular flexibility index (Phi) is 4.06. The number of carboxylic acid groups (broad SMARTS) is 2. The van der Waals surface area contributed by atoms with Gasteiger partial charge >= 0.3 is 11.9 Å². The Morgan fingerprint density at radius 3 is 2.24 bits per heavy atom. The number of carbonyl (C=O) groups is 2. The molecule has 1 aromatic rings. The van der Waals surface area contributed by atoms with Crippen LogP contribution in [0.4, 0.5) is 0 Å². The van der Waals surface area contributed by atoms with E-state index in [1.54, 1.807) is 0 Å². The summed E-state index contributed by atoms with van der Waals surface area (Å²) in [4.78, 5) is 21.2. The number of rotatable bonds is 4. The fraction of sp³-hybridized carbons (Fsp3) is 0.200. The van der Waals surface area contributed by atoms with Gasteiger partial charge < -0.3 is 20.4 Å². The predicted octanol–water partition coefficient (Wildman–Crippen LogP) is 0.517. The number of halogens is 1. The molecule has 0 aliphatic heterocycles. The van der Waals surface area contributed by atoms with E-state index in [9.17, 15) is 14.7 Å². The molecule has 0 heterocycles. The van der Waals surface area contributed by atoms with Crippen molar-refractivity contribution in [3.05, 3.63) is 34.3 Å². The summed E-state index contributed by atoms with van der Waals surface area (Å²) in [5, 5.41) is 35.9. The summed E-state index contributed by atoms with van der Waals surface area (Å²) in [6, 6.07) is 3.42. The molecule has 0 aliphatic rings. The molecule has 0 bridgehead atoms. The molecule has 92 valence electrons. The normalized spacial score (nSPS) is 14.1. The van der Waals surface area contributed by atoms with Crippen molar-refractivity contribution in [1.29, 1.82) is 0 Å². The van der Waals surface area contributed by atoms with Gasteiger partial charge in [0.1, 0.15) is 6.10 Å². The average molecular weight is 261 g/mol. The molecule has 2 atom stereocenters. The van der Waals surface area contributed by atoms with Crippen LogP contribution < -0.4 is 0 Å². The van der Waals surface area contributed by atoms with Gasteiger partial charge in [-0.2, -0.15) is 0 Å². The lowest BCUT2D eigenvalue weighted by atomic mass is 10.0. The highest BCUT2D eigenvalue weighted by atomic mass is 35.5. The Morgan fingerprint density at radius 1 is 1.18 bits per heavy atom. The summed E-state index contributed by atoms with van der Waals surface area (Å²) in [6.45, 7) is 0. The number of carboxylic acids is 2. The van der Waals surface area contributed by atoms with Crippen LogP contribution in [0.3, 0.4) is 0 Å². The molecule has 2 unspecified atom stereocenters. The first-order valence-corrected chi connectivity index (χ1v) is 4.84. The quantitative estimate of drug-likeness (QED) is 0.627. The summed E-state index contributed by atoms with van der Waals surface area (Å²) in [7, 11) is 0. The van der Waals surface area contributed by atoms with Crippen molar-refractivity contribution in [2.75, 3.05) is 0 Å². The summed E-state index contributed by atoms with van der Waals surface area (Å²) in [6.07, 6.45) is -3.86. The lowest BCUT2D eigenvalue weighted by Gasteiger charge is -2.16. The second kappa shape index (κ2) is 5.13. The zero-order valence-corrected chi connectivity index (χ0v) is 9.13. The molecule has 17 heavy (non-hydrogen) atoms. The molecule has 0 radical (unpaired) electrons. The molecule has 4 N–H and O–H groups in total. The lowest BCUT2D eigenvalue weighted by Crippen LogP contribution is -2.27. The van der Waals surface area contributed by atoms with E-state index in [2.05, 4.69) is 0 Å². The maximum absolute atomic E-state index is 10.7. The van der Waals surface area contributed by atoms with Crippen molar-refractivity contribution < 1.29 is 30.0 Å². The van der Waals surface area contributed by atoms with Gasteiger partial charge in [0.05, 0.1) is 5.56 Å². The van der Waals surface area contributed by atoms with Gasteiger partial charge in [-0.3, -0.25) is 0 Å². The topological polar surface area (TPSA) is 115 Å². The Labute approximate surface area is 101 Å². The number of aromatic carboxylic acids is 1. The first kappa shape index (κ1) is 13.4. The van der Waals surface area contributed by atoms with Crippen molar-refractivity contribution in [2.24, 2.45) is 0 Å². The third-order valence-corrected chi connectivity index (χ3v) is 2.46. The number of hydrogen-bond donors (Lipinski definition) is 4. The highest BCUT2D eigenvalue weighted by Crippen LogP contribution is 2.26. The molecule has 0 aromatic heterocycles. The highest BCUT2D eigenvalue weighted by Gasteiger charge is 2.27. The standard InChI is InChI=1S/C10H9ClO6/c11-6-2-1-4(9(14)15)3-5(6)7(12)8(13)10(16)17/h1-3,7-8,12-13H,(H,14,15)(H,16,17). The zero-order chi connectivity index (χ0) is 13.2. The fourth-order valence-electron chi connectivity index (χ4n) is 1.21. The van der Waals surface area contributed by atoms with Crippen molar-refractivity contribution in [2.45, 2.75) is 12.2 Å². The number of aliphatic hydroxyl groups excluding tert-OH is 2. The average Bonchev–Trinajstić information content (AvgIpc) is 2.27. The van der Waals surface area contributed by atoms with Crippen LogP contribution in [-0.4, -0.2) is 38.5 Å². The van der Waals surface area contributed by atoms with Crippen LogP contribution in [0.1, 0.15) is 22.0 Å². The number of aliphatic carboxylic acids is 1. The van der Waals surface area contributed by atoms with Crippen LogP contribution in [0.2, 0.25) is 5.02 Å². The molecule has 0 saturated heterocycles. The molecule has 0 spiro atoms. The van der Waals surface area contributed by atoms with Gasteiger partial charge in [0, 0.05) is 10.6 Å². The second-order valence-corrected chi connectivity index (χ2v) is 3.68. The smallest absolute Gasteiger partial charge is 0.335 e. The Hall–Kier alpha value is -1.63. The maximum Gasteiger partial charge on any atom is 0.335 e. The highest BCUT2D eigenvalue weighted by molar-refractivity contribution is 6.31. The van der Waals surface area contributed by atoms with Gasteiger partial charge in [-0.15, -0.1) is 0 Å². The fourth-order valence-corrected chi connectivity index (χ4v) is 1.44. The van der Waals surface area contributed by atoms with Gasteiger partial charge in [0.25, 0.3) is 0 Å². The van der Waals surface area contributed by atoms with Gasteiger partial charge in [-0.05, 0) is 18.2 Å². The maximum atomic E-state index is 10.7. The Balaban J connectivity index is 3.16. The molecular weight excluding hydrogens is 252 g/mol. The van der Waals surface area contributed by atoms with E-state index in [-0.39, 0.29) is 16.1 Å². The van der Waals surface area contributed by atoms with Gasteiger partial charge in [0.15, 0.2) is 6.10 Å². The van der Waals surface area contributed by atoms with Crippen molar-refractivity contribution in [3.8, 4) is 0 Å². The number of aliphatic hydroxyl groups is 2. The van der Waals surface area contributed by atoms with Gasteiger partial charge in [-0.1, -0.05) is 11.6 Å². The minimum Gasteiger partial charge on any atom is -0.479 e. The van der Waals surface area contributed by atoms with E-state index in [0.717, 1.165) is 6.07 Å². The van der Waals surface area contributed by atoms with Crippen molar-refractivity contribution in [1.82, 2.24) is 0 Å². The molecular formula is C10H9ClO6. The number of hydrogen-bond acceptors (Lipinski definition) is 4. The molecule has 0 saturated carbocycles. The van der Waals surface area contributed by atoms with E-state index >= 15 is 0 Å².